The van der Waals surface area contributed by atoms with E-state index in [2.05, 4.69) is 14.8 Å². The zero-order valence-electron chi connectivity index (χ0n) is 14.8. The Morgan fingerprint density at radius 1 is 1.07 bits per heavy atom. The molecule has 2 N–H and O–H groups in total. The molecule has 2 aromatic rings. The van der Waals surface area contributed by atoms with Crippen molar-refractivity contribution in [2.24, 2.45) is 0 Å². The van der Waals surface area contributed by atoms with Gasteiger partial charge in [0.15, 0.2) is 0 Å². The number of hydrogen-bond acceptors (Lipinski definition) is 5. The fourth-order valence-electron chi connectivity index (χ4n) is 2.29. The first-order valence-electron chi connectivity index (χ1n) is 7.92. The van der Waals surface area contributed by atoms with Gasteiger partial charge in [-0.2, -0.15) is 0 Å². The Bertz CT molecular complexity index is 943. The van der Waals surface area contributed by atoms with Gasteiger partial charge in [0.05, 0.1) is 29.6 Å². The summed E-state index contributed by atoms with van der Waals surface area (Å²) in [5.41, 5.74) is 1.83. The van der Waals surface area contributed by atoms with Gasteiger partial charge in [0.2, 0.25) is 10.0 Å². The van der Waals surface area contributed by atoms with Crippen molar-refractivity contribution in [3.05, 3.63) is 64.2 Å². The van der Waals surface area contributed by atoms with E-state index in [4.69, 9.17) is 11.6 Å². The predicted molar refractivity (Wildman–Crippen MR) is 104 cm³/mol. The Morgan fingerprint density at radius 3 is 2.30 bits per heavy atom. The molecule has 0 fully saturated rings. The smallest absolute Gasteiger partial charge is 0.337 e. The van der Waals surface area contributed by atoms with E-state index in [0.717, 1.165) is 11.8 Å². The quantitative estimate of drug-likeness (QED) is 0.683. The standard InChI is InChI=1S/C18H19ClN2O5S/c1-26-18(23)13-5-3-12(4-6-13)9-10-20-17(22)14-7-8-15(19)16(11-14)21-27(2,24)25/h3-8,11,21H,9-10H2,1-2H3,(H,20,22). The van der Waals surface area contributed by atoms with E-state index in [-0.39, 0.29) is 22.2 Å². The van der Waals surface area contributed by atoms with Crippen LogP contribution in [0.2, 0.25) is 5.02 Å². The second-order valence-electron chi connectivity index (χ2n) is 5.76. The molecule has 0 aromatic heterocycles. The highest BCUT2D eigenvalue weighted by atomic mass is 35.5. The summed E-state index contributed by atoms with van der Waals surface area (Å²) >= 11 is 5.95. The fraction of sp³-hybridized carbons (Fsp3) is 0.222. The molecule has 7 nitrogen and oxygen atoms in total. The molecule has 0 radical (unpaired) electrons. The van der Waals surface area contributed by atoms with Crippen molar-refractivity contribution < 1.29 is 22.7 Å². The van der Waals surface area contributed by atoms with Gasteiger partial charge in [-0.05, 0) is 42.3 Å². The number of methoxy groups -OCH3 is 1. The van der Waals surface area contributed by atoms with Crippen molar-refractivity contribution in [1.29, 1.82) is 0 Å². The van der Waals surface area contributed by atoms with Crippen LogP contribution in [0.15, 0.2) is 42.5 Å². The van der Waals surface area contributed by atoms with E-state index in [0.29, 0.717) is 18.5 Å². The molecule has 0 saturated carbocycles. The molecular weight excluding hydrogens is 392 g/mol. The molecule has 0 aliphatic rings. The molecule has 0 spiro atoms. The second kappa shape index (κ2) is 8.88. The minimum atomic E-state index is -3.51. The van der Waals surface area contributed by atoms with Crippen molar-refractivity contribution in [2.75, 3.05) is 24.6 Å². The molecule has 9 heteroatoms. The van der Waals surface area contributed by atoms with E-state index < -0.39 is 16.0 Å². The summed E-state index contributed by atoms with van der Waals surface area (Å²) in [6.45, 7) is 0.369. The first kappa shape index (κ1) is 20.7. The van der Waals surface area contributed by atoms with Crippen LogP contribution in [0, 0.1) is 0 Å². The molecule has 144 valence electrons. The number of esters is 1. The highest BCUT2D eigenvalue weighted by Gasteiger charge is 2.11. The number of rotatable bonds is 7. The third kappa shape index (κ3) is 6.26. The maximum absolute atomic E-state index is 12.3. The zero-order valence-corrected chi connectivity index (χ0v) is 16.4. The molecule has 0 bridgehead atoms. The van der Waals surface area contributed by atoms with Crippen molar-refractivity contribution in [3.8, 4) is 0 Å². The monoisotopic (exact) mass is 410 g/mol. The maximum atomic E-state index is 12.3. The third-order valence-corrected chi connectivity index (χ3v) is 4.52. The molecule has 0 saturated heterocycles. The first-order valence-corrected chi connectivity index (χ1v) is 10.2. The molecule has 0 atom stereocenters. The molecule has 0 heterocycles. The van der Waals surface area contributed by atoms with Crippen molar-refractivity contribution >= 4 is 39.2 Å². The van der Waals surface area contributed by atoms with Crippen LogP contribution in [0.25, 0.3) is 0 Å². The normalized spacial score (nSPS) is 10.9. The summed E-state index contributed by atoms with van der Waals surface area (Å²) in [5.74, 6) is -0.759. The molecule has 2 aromatic carbocycles. The van der Waals surface area contributed by atoms with E-state index in [1.165, 1.54) is 25.3 Å². The minimum Gasteiger partial charge on any atom is -0.465 e. The maximum Gasteiger partial charge on any atom is 0.337 e. The number of amides is 1. The number of sulfonamides is 1. The van der Waals surface area contributed by atoms with Crippen LogP contribution in [-0.2, 0) is 21.2 Å². The number of anilines is 1. The van der Waals surface area contributed by atoms with Gasteiger partial charge in [-0.3, -0.25) is 9.52 Å². The average Bonchev–Trinajstić information content (AvgIpc) is 2.62. The van der Waals surface area contributed by atoms with Gasteiger partial charge in [0.1, 0.15) is 0 Å². The molecule has 27 heavy (non-hydrogen) atoms. The molecular formula is C18H19ClN2O5S. The lowest BCUT2D eigenvalue weighted by atomic mass is 10.1. The Morgan fingerprint density at radius 2 is 1.70 bits per heavy atom. The molecule has 0 aliphatic carbocycles. The van der Waals surface area contributed by atoms with Crippen LogP contribution >= 0.6 is 11.6 Å². The SMILES string of the molecule is COC(=O)c1ccc(CCNC(=O)c2ccc(Cl)c(NS(C)(=O)=O)c2)cc1. The van der Waals surface area contributed by atoms with Gasteiger partial charge >= 0.3 is 5.97 Å². The minimum absolute atomic E-state index is 0.144. The van der Waals surface area contributed by atoms with Crippen LogP contribution in [0.4, 0.5) is 5.69 Å². The van der Waals surface area contributed by atoms with E-state index in [1.807, 2.05) is 0 Å². The predicted octanol–water partition coefficient (Wildman–Crippen LogP) is 2.47. The average molecular weight is 411 g/mol. The van der Waals surface area contributed by atoms with Gasteiger partial charge in [0, 0.05) is 12.1 Å². The molecule has 2 rings (SSSR count). The summed E-state index contributed by atoms with van der Waals surface area (Å²) in [4.78, 5) is 23.6. The summed E-state index contributed by atoms with van der Waals surface area (Å²) in [5, 5.41) is 2.95. The lowest BCUT2D eigenvalue weighted by Gasteiger charge is -2.10. The van der Waals surface area contributed by atoms with Gasteiger partial charge in [-0.15, -0.1) is 0 Å². The highest BCUT2D eigenvalue weighted by molar-refractivity contribution is 7.92. The van der Waals surface area contributed by atoms with Crippen LogP contribution in [0.5, 0.6) is 0 Å². The van der Waals surface area contributed by atoms with E-state index >= 15 is 0 Å². The fourth-order valence-corrected chi connectivity index (χ4v) is 3.08. The van der Waals surface area contributed by atoms with Crippen LogP contribution in [0.1, 0.15) is 26.3 Å². The Labute approximate surface area is 162 Å². The molecule has 1 amide bonds. The largest absolute Gasteiger partial charge is 0.465 e. The molecule has 0 unspecified atom stereocenters. The van der Waals surface area contributed by atoms with Crippen LogP contribution in [0.3, 0.4) is 0 Å². The Hall–Kier alpha value is -2.58. The number of carbonyl (C=O) groups is 2. The van der Waals surface area contributed by atoms with Gasteiger partial charge in [-0.25, -0.2) is 13.2 Å². The number of nitrogens with one attached hydrogen (secondary N) is 2. The van der Waals surface area contributed by atoms with E-state index in [9.17, 15) is 18.0 Å². The summed E-state index contributed by atoms with van der Waals surface area (Å²) in [7, 11) is -2.19. The number of benzene rings is 2. The Kier molecular flexibility index (Phi) is 6.81. The Balaban J connectivity index is 1.96. The van der Waals surface area contributed by atoms with Gasteiger partial charge < -0.3 is 10.1 Å². The van der Waals surface area contributed by atoms with Gasteiger partial charge in [0.25, 0.3) is 5.91 Å². The summed E-state index contributed by atoms with van der Waals surface area (Å²) < 4.78 is 29.6. The van der Waals surface area contributed by atoms with Crippen molar-refractivity contribution in [2.45, 2.75) is 6.42 Å². The number of ether oxygens (including phenoxy) is 1. The number of carbonyl (C=O) groups excluding carboxylic acids is 2. The lowest BCUT2D eigenvalue weighted by Crippen LogP contribution is -2.25. The lowest BCUT2D eigenvalue weighted by molar-refractivity contribution is 0.0600. The number of hydrogen-bond donors (Lipinski definition) is 2. The van der Waals surface area contributed by atoms with Crippen molar-refractivity contribution in [3.63, 3.8) is 0 Å². The van der Waals surface area contributed by atoms with Crippen LogP contribution < -0.4 is 10.0 Å². The van der Waals surface area contributed by atoms with Crippen LogP contribution in [-0.4, -0.2) is 40.2 Å². The van der Waals surface area contributed by atoms with Crippen molar-refractivity contribution in [1.82, 2.24) is 5.32 Å². The van der Waals surface area contributed by atoms with E-state index in [1.54, 1.807) is 24.3 Å². The second-order valence-corrected chi connectivity index (χ2v) is 7.92. The zero-order chi connectivity index (χ0) is 20.0. The molecule has 0 aliphatic heterocycles. The first-order chi connectivity index (χ1) is 12.7. The van der Waals surface area contributed by atoms with Gasteiger partial charge in [-0.1, -0.05) is 23.7 Å². The topological polar surface area (TPSA) is 102 Å². The third-order valence-electron chi connectivity index (χ3n) is 3.60. The highest BCUT2D eigenvalue weighted by Crippen LogP contribution is 2.23. The summed E-state index contributed by atoms with van der Waals surface area (Å²) in [6.07, 6.45) is 1.57. The summed E-state index contributed by atoms with van der Waals surface area (Å²) in [6, 6.07) is 11.2. The number of halogens is 1.